The van der Waals surface area contributed by atoms with Gasteiger partial charge in [-0.05, 0) is 63.1 Å². The van der Waals surface area contributed by atoms with Crippen LogP contribution in [-0.2, 0) is 0 Å². The molecule has 1 aliphatic rings. The third-order valence-electron chi connectivity index (χ3n) is 2.96. The second-order valence-electron chi connectivity index (χ2n) is 4.51. The maximum Gasteiger partial charge on any atom is 0.110 e. The Morgan fingerprint density at radius 3 is 2.95 bits per heavy atom. The topological polar surface area (TPSA) is 16.1 Å². The van der Waals surface area contributed by atoms with E-state index in [0.29, 0.717) is 0 Å². The minimum absolute atomic E-state index is 1.02. The van der Waals surface area contributed by atoms with E-state index < -0.39 is 0 Å². The Labute approximate surface area is 140 Å². The number of thioether (sulfide) groups is 2. The molecule has 0 amide bonds. The van der Waals surface area contributed by atoms with Crippen LogP contribution in [0.3, 0.4) is 0 Å². The summed E-state index contributed by atoms with van der Waals surface area (Å²) in [6.07, 6.45) is 5.78. The van der Waals surface area contributed by atoms with E-state index in [1.807, 2.05) is 18.0 Å². The van der Waals surface area contributed by atoms with Gasteiger partial charge < -0.3 is 0 Å². The number of nitrogens with zero attached hydrogens (tertiary/aromatic N) is 2. The predicted molar refractivity (Wildman–Crippen MR) is 93.1 cm³/mol. The number of rotatable bonds is 7. The zero-order valence-corrected chi connectivity index (χ0v) is 15.6. The Bertz CT molecular complexity index is 398. The highest BCUT2D eigenvalue weighted by atomic mass is 79.9. The van der Waals surface area contributed by atoms with Gasteiger partial charge in [-0.25, -0.2) is 4.98 Å². The van der Waals surface area contributed by atoms with E-state index in [-0.39, 0.29) is 0 Å². The van der Waals surface area contributed by atoms with Crippen molar-refractivity contribution in [3.63, 3.8) is 0 Å². The molecule has 0 unspecified atom stereocenters. The maximum absolute atomic E-state index is 4.42. The summed E-state index contributed by atoms with van der Waals surface area (Å²) in [4.78, 5) is 6.98. The summed E-state index contributed by atoms with van der Waals surface area (Å²) in [6, 6.07) is 2.06. The number of halogens is 2. The Hall–Kier alpha value is 0.770. The van der Waals surface area contributed by atoms with Crippen LogP contribution < -0.4 is 0 Å². The van der Waals surface area contributed by atoms with Crippen molar-refractivity contribution in [3.8, 4) is 0 Å². The predicted octanol–water partition coefficient (Wildman–Crippen LogP) is 4.88. The van der Waals surface area contributed by atoms with Crippen molar-refractivity contribution in [2.75, 3.05) is 30.5 Å². The van der Waals surface area contributed by atoms with E-state index in [1.54, 1.807) is 0 Å². The molecule has 0 radical (unpaired) electrons. The molecular formula is C13H18Br2N2S2. The zero-order chi connectivity index (χ0) is 13.5. The number of aromatic nitrogens is 1. The van der Waals surface area contributed by atoms with Gasteiger partial charge in [0.05, 0.1) is 4.47 Å². The molecule has 0 bridgehead atoms. The lowest BCUT2D eigenvalue weighted by atomic mass is 10.2. The van der Waals surface area contributed by atoms with Crippen molar-refractivity contribution >= 4 is 55.4 Å². The van der Waals surface area contributed by atoms with Gasteiger partial charge in [-0.1, -0.05) is 6.42 Å². The first-order valence-electron chi connectivity index (χ1n) is 6.49. The fraction of sp³-hybridized carbons (Fsp3) is 0.615. The molecule has 19 heavy (non-hydrogen) atoms. The second kappa shape index (κ2) is 8.93. The SMILES string of the molecule is Brc1cnc(SCCCCCN2CCSC2)c(Br)c1. The van der Waals surface area contributed by atoms with Crippen LogP contribution >= 0.6 is 55.4 Å². The van der Waals surface area contributed by atoms with Gasteiger partial charge in [-0.3, -0.25) is 4.90 Å². The van der Waals surface area contributed by atoms with Gasteiger partial charge in [0.25, 0.3) is 0 Å². The van der Waals surface area contributed by atoms with Crippen LogP contribution in [0.25, 0.3) is 0 Å². The van der Waals surface area contributed by atoms with Crippen LogP contribution in [0.4, 0.5) is 0 Å². The van der Waals surface area contributed by atoms with Crippen LogP contribution in [-0.4, -0.2) is 40.4 Å². The fourth-order valence-corrected chi connectivity index (χ4v) is 5.15. The molecule has 1 aromatic heterocycles. The van der Waals surface area contributed by atoms with Crippen molar-refractivity contribution in [3.05, 3.63) is 21.2 Å². The van der Waals surface area contributed by atoms with Crippen molar-refractivity contribution in [2.24, 2.45) is 0 Å². The summed E-state index contributed by atoms with van der Waals surface area (Å²) in [6.45, 7) is 2.56. The Morgan fingerprint density at radius 1 is 1.32 bits per heavy atom. The summed E-state index contributed by atoms with van der Waals surface area (Å²) < 4.78 is 2.10. The Kier molecular flexibility index (Phi) is 7.58. The molecule has 2 rings (SSSR count). The standard InChI is InChI=1S/C13H18Br2N2S2/c14-11-8-12(15)13(16-9-11)19-6-3-1-2-4-17-5-7-18-10-17/h8-9H,1-7,10H2. The first kappa shape index (κ1) is 16.1. The molecule has 106 valence electrons. The molecule has 0 aromatic carbocycles. The molecule has 1 aromatic rings. The largest absolute Gasteiger partial charge is 0.293 e. The Morgan fingerprint density at radius 2 is 2.21 bits per heavy atom. The molecule has 0 N–H and O–H groups in total. The highest BCUT2D eigenvalue weighted by Gasteiger charge is 2.10. The lowest BCUT2D eigenvalue weighted by Crippen LogP contribution is -2.20. The molecule has 1 aliphatic heterocycles. The van der Waals surface area contributed by atoms with Crippen molar-refractivity contribution in [2.45, 2.75) is 24.3 Å². The van der Waals surface area contributed by atoms with Crippen LogP contribution in [0.1, 0.15) is 19.3 Å². The highest BCUT2D eigenvalue weighted by Crippen LogP contribution is 2.28. The molecule has 2 nitrogen and oxygen atoms in total. The van der Waals surface area contributed by atoms with Crippen molar-refractivity contribution < 1.29 is 0 Å². The molecular weight excluding hydrogens is 408 g/mol. The summed E-state index contributed by atoms with van der Waals surface area (Å²) >= 11 is 10.9. The lowest BCUT2D eigenvalue weighted by molar-refractivity contribution is 0.346. The first-order chi connectivity index (χ1) is 9.25. The lowest BCUT2D eigenvalue weighted by Gasteiger charge is -2.12. The number of hydrogen-bond acceptors (Lipinski definition) is 4. The first-order valence-corrected chi connectivity index (χ1v) is 10.2. The van der Waals surface area contributed by atoms with E-state index in [4.69, 9.17) is 0 Å². The third-order valence-corrected chi connectivity index (χ3v) is 6.37. The average molecular weight is 426 g/mol. The fourth-order valence-electron chi connectivity index (χ4n) is 1.92. The van der Waals surface area contributed by atoms with E-state index in [1.165, 1.54) is 44.0 Å². The number of hydrogen-bond donors (Lipinski definition) is 0. The third kappa shape index (κ3) is 5.96. The van der Waals surface area contributed by atoms with Crippen LogP contribution in [0.2, 0.25) is 0 Å². The van der Waals surface area contributed by atoms with Crippen LogP contribution in [0.15, 0.2) is 26.2 Å². The van der Waals surface area contributed by atoms with Gasteiger partial charge in [0.15, 0.2) is 0 Å². The molecule has 0 aliphatic carbocycles. The minimum Gasteiger partial charge on any atom is -0.293 e. The van der Waals surface area contributed by atoms with Gasteiger partial charge >= 0.3 is 0 Å². The van der Waals surface area contributed by atoms with E-state index in [9.17, 15) is 0 Å². The number of pyridine rings is 1. The normalized spacial score (nSPS) is 16.1. The van der Waals surface area contributed by atoms with Crippen LogP contribution in [0, 0.1) is 0 Å². The quantitative estimate of drug-likeness (QED) is 0.457. The summed E-state index contributed by atoms with van der Waals surface area (Å²) in [7, 11) is 0. The summed E-state index contributed by atoms with van der Waals surface area (Å²) in [5.74, 6) is 3.71. The van der Waals surface area contributed by atoms with Gasteiger partial charge in [-0.15, -0.1) is 23.5 Å². The second-order valence-corrected chi connectivity index (χ2v) is 8.43. The molecule has 0 spiro atoms. The molecule has 0 atom stereocenters. The average Bonchev–Trinajstić information content (AvgIpc) is 2.89. The van der Waals surface area contributed by atoms with Gasteiger partial charge in [0.1, 0.15) is 5.03 Å². The van der Waals surface area contributed by atoms with E-state index in [0.717, 1.165) is 19.7 Å². The van der Waals surface area contributed by atoms with Gasteiger partial charge in [0.2, 0.25) is 0 Å². The zero-order valence-electron chi connectivity index (χ0n) is 10.8. The van der Waals surface area contributed by atoms with Gasteiger partial charge in [-0.2, -0.15) is 0 Å². The van der Waals surface area contributed by atoms with Crippen molar-refractivity contribution in [1.29, 1.82) is 0 Å². The number of unbranched alkanes of at least 4 members (excludes halogenated alkanes) is 2. The molecule has 6 heteroatoms. The minimum atomic E-state index is 1.02. The van der Waals surface area contributed by atoms with Gasteiger partial charge in [0, 0.05) is 28.8 Å². The summed E-state index contributed by atoms with van der Waals surface area (Å²) in [5.41, 5.74) is 0. The monoisotopic (exact) mass is 424 g/mol. The Balaban J connectivity index is 1.56. The summed E-state index contributed by atoms with van der Waals surface area (Å²) in [5, 5.41) is 1.10. The molecule has 1 saturated heterocycles. The molecule has 1 fully saturated rings. The molecule has 2 heterocycles. The van der Waals surface area contributed by atoms with Crippen LogP contribution in [0.5, 0.6) is 0 Å². The maximum atomic E-state index is 4.42. The smallest absolute Gasteiger partial charge is 0.110 e. The van der Waals surface area contributed by atoms with E-state index in [2.05, 4.69) is 59.6 Å². The highest BCUT2D eigenvalue weighted by molar-refractivity contribution is 9.11. The van der Waals surface area contributed by atoms with Crippen molar-refractivity contribution in [1.82, 2.24) is 9.88 Å². The molecule has 0 saturated carbocycles. The van der Waals surface area contributed by atoms with E-state index >= 15 is 0 Å².